The highest BCUT2D eigenvalue weighted by Crippen LogP contribution is 2.26. The van der Waals surface area contributed by atoms with Crippen molar-refractivity contribution in [3.8, 4) is 0 Å². The molecule has 0 saturated heterocycles. The maximum Gasteiger partial charge on any atom is 0.255 e. The van der Waals surface area contributed by atoms with Crippen molar-refractivity contribution < 1.29 is 14.8 Å². The van der Waals surface area contributed by atoms with Crippen LogP contribution in [0.2, 0.25) is 0 Å². The van der Waals surface area contributed by atoms with Crippen LogP contribution >= 0.6 is 0 Å². The highest BCUT2D eigenvalue weighted by Gasteiger charge is 2.22. The van der Waals surface area contributed by atoms with Crippen LogP contribution in [0.1, 0.15) is 38.5 Å². The molecule has 3 N–H and O–H groups in total. The summed E-state index contributed by atoms with van der Waals surface area (Å²) in [4.78, 5) is 24.7. The zero-order valence-electron chi connectivity index (χ0n) is 15.8. The fourth-order valence-corrected chi connectivity index (χ4v) is 3.05. The van der Waals surface area contributed by atoms with Crippen LogP contribution < -0.4 is 10.8 Å². The minimum absolute atomic E-state index is 0.191. The summed E-state index contributed by atoms with van der Waals surface area (Å²) in [5, 5.41) is 12.0. The van der Waals surface area contributed by atoms with Gasteiger partial charge in [0.15, 0.2) is 0 Å². The van der Waals surface area contributed by atoms with Gasteiger partial charge in [-0.15, -0.1) is 0 Å². The molecule has 0 aliphatic heterocycles. The van der Waals surface area contributed by atoms with E-state index in [1.807, 2.05) is 56.3 Å². The predicted molar refractivity (Wildman–Crippen MR) is 109 cm³/mol. The Morgan fingerprint density at radius 3 is 2.07 bits per heavy atom. The monoisotopic (exact) mass is 374 g/mol. The summed E-state index contributed by atoms with van der Waals surface area (Å²) in [6, 6.07) is 21.8. The molecule has 1 atom stereocenters. The number of rotatable bonds is 5. The summed E-state index contributed by atoms with van der Waals surface area (Å²) in [5.41, 5.74) is 6.62. The van der Waals surface area contributed by atoms with Crippen LogP contribution in [0.25, 0.3) is 0 Å². The first-order chi connectivity index (χ1) is 13.5. The molecule has 28 heavy (non-hydrogen) atoms. The fourth-order valence-electron chi connectivity index (χ4n) is 3.05. The van der Waals surface area contributed by atoms with E-state index in [1.54, 1.807) is 35.8 Å². The number of hydrogen-bond donors (Lipinski definition) is 3. The molecule has 5 nitrogen and oxygen atoms in total. The van der Waals surface area contributed by atoms with Crippen molar-refractivity contribution in [1.82, 2.24) is 5.48 Å². The van der Waals surface area contributed by atoms with E-state index in [9.17, 15) is 9.59 Å². The number of benzene rings is 3. The molecule has 2 amide bonds. The second-order valence-electron chi connectivity index (χ2n) is 6.69. The van der Waals surface area contributed by atoms with Crippen molar-refractivity contribution in [3.05, 3.63) is 101 Å². The number of amides is 2. The van der Waals surface area contributed by atoms with Gasteiger partial charge >= 0.3 is 0 Å². The van der Waals surface area contributed by atoms with Gasteiger partial charge in [0.05, 0.1) is 5.92 Å². The molecule has 3 rings (SSSR count). The number of hydroxylamine groups is 1. The molecule has 0 aromatic heterocycles. The van der Waals surface area contributed by atoms with Crippen LogP contribution in [0.3, 0.4) is 0 Å². The Morgan fingerprint density at radius 1 is 0.821 bits per heavy atom. The van der Waals surface area contributed by atoms with Gasteiger partial charge in [0, 0.05) is 11.3 Å². The summed E-state index contributed by atoms with van der Waals surface area (Å²) < 4.78 is 0. The molecule has 0 saturated carbocycles. The molecular formula is C23H22N2O3. The first-order valence-corrected chi connectivity index (χ1v) is 8.97. The zero-order valence-corrected chi connectivity index (χ0v) is 15.8. The molecule has 142 valence electrons. The van der Waals surface area contributed by atoms with Crippen molar-refractivity contribution in [1.29, 1.82) is 0 Å². The van der Waals surface area contributed by atoms with E-state index >= 15 is 0 Å². The van der Waals surface area contributed by atoms with Gasteiger partial charge in [-0.2, -0.15) is 0 Å². The average molecular weight is 374 g/mol. The Morgan fingerprint density at radius 2 is 1.46 bits per heavy atom. The minimum Gasteiger partial charge on any atom is -0.322 e. The van der Waals surface area contributed by atoms with Crippen LogP contribution in [0.5, 0.6) is 0 Å². The van der Waals surface area contributed by atoms with Crippen molar-refractivity contribution >= 4 is 17.5 Å². The minimum atomic E-state index is -0.643. The molecule has 3 aromatic rings. The molecule has 0 radical (unpaired) electrons. The third-order valence-corrected chi connectivity index (χ3v) is 4.78. The first-order valence-electron chi connectivity index (χ1n) is 8.97. The van der Waals surface area contributed by atoms with Gasteiger partial charge in [0.25, 0.3) is 11.8 Å². The van der Waals surface area contributed by atoms with Crippen LogP contribution in [0.4, 0.5) is 5.69 Å². The van der Waals surface area contributed by atoms with Gasteiger partial charge in [0.1, 0.15) is 0 Å². The molecule has 0 bridgehead atoms. The number of anilines is 1. The van der Waals surface area contributed by atoms with E-state index in [1.165, 1.54) is 0 Å². The molecule has 1 unspecified atom stereocenters. The van der Waals surface area contributed by atoms with E-state index in [4.69, 9.17) is 5.21 Å². The van der Waals surface area contributed by atoms with Crippen LogP contribution in [0.15, 0.2) is 72.8 Å². The van der Waals surface area contributed by atoms with E-state index < -0.39 is 11.8 Å². The topological polar surface area (TPSA) is 78.4 Å². The largest absolute Gasteiger partial charge is 0.322 e. The fraction of sp³-hybridized carbons (Fsp3) is 0.130. The lowest BCUT2D eigenvalue weighted by Crippen LogP contribution is -2.27. The number of hydrogen-bond acceptors (Lipinski definition) is 3. The second kappa shape index (κ2) is 8.50. The second-order valence-corrected chi connectivity index (χ2v) is 6.69. The van der Waals surface area contributed by atoms with Gasteiger partial charge in [0.2, 0.25) is 0 Å². The van der Waals surface area contributed by atoms with Crippen LogP contribution in [-0.2, 0) is 4.79 Å². The third kappa shape index (κ3) is 4.27. The number of carbonyl (C=O) groups excluding carboxylic acids is 2. The maximum atomic E-state index is 12.5. The van der Waals surface area contributed by atoms with Crippen LogP contribution in [0, 0.1) is 13.8 Å². The Balaban J connectivity index is 1.80. The standard InChI is InChI=1S/C23H22N2O3/c1-15-8-9-19(14-16(15)2)22(26)24-20-12-10-18(11-13-20)21(23(27)25-28)17-6-4-3-5-7-17/h3-14,21,28H,1-2H3,(H,24,26)(H,25,27). The molecule has 0 heterocycles. The lowest BCUT2D eigenvalue weighted by molar-refractivity contribution is -0.129. The third-order valence-electron chi connectivity index (χ3n) is 4.78. The molecule has 0 aliphatic rings. The molecule has 5 heteroatoms. The van der Waals surface area contributed by atoms with E-state index in [2.05, 4.69) is 5.32 Å². The van der Waals surface area contributed by atoms with E-state index in [0.717, 1.165) is 16.7 Å². The molecular weight excluding hydrogens is 352 g/mol. The van der Waals surface area contributed by atoms with Crippen molar-refractivity contribution in [3.63, 3.8) is 0 Å². The summed E-state index contributed by atoms with van der Waals surface area (Å²) in [5.74, 6) is -1.35. The first kappa shape index (κ1) is 19.3. The Labute approximate surface area is 164 Å². The number of aryl methyl sites for hydroxylation is 2. The van der Waals surface area contributed by atoms with Gasteiger partial charge in [-0.3, -0.25) is 14.8 Å². The highest BCUT2D eigenvalue weighted by atomic mass is 16.5. The normalized spacial score (nSPS) is 11.5. The number of carbonyl (C=O) groups is 2. The highest BCUT2D eigenvalue weighted by molar-refractivity contribution is 6.04. The predicted octanol–water partition coefficient (Wildman–Crippen LogP) is 4.19. The van der Waals surface area contributed by atoms with Gasteiger partial charge in [-0.25, -0.2) is 5.48 Å². The molecule has 0 aliphatic carbocycles. The summed E-state index contributed by atoms with van der Waals surface area (Å²) >= 11 is 0. The Bertz CT molecular complexity index is 982. The van der Waals surface area contributed by atoms with E-state index in [0.29, 0.717) is 16.8 Å². The van der Waals surface area contributed by atoms with Crippen molar-refractivity contribution in [2.75, 3.05) is 5.32 Å². The quantitative estimate of drug-likeness (QED) is 0.463. The molecule has 3 aromatic carbocycles. The SMILES string of the molecule is Cc1ccc(C(=O)Nc2ccc(C(C(=O)NO)c3ccccc3)cc2)cc1C. The van der Waals surface area contributed by atoms with Gasteiger partial charge in [-0.1, -0.05) is 48.5 Å². The Kier molecular flexibility index (Phi) is 5.87. The zero-order chi connectivity index (χ0) is 20.1. The number of nitrogens with one attached hydrogen (secondary N) is 2. The summed E-state index contributed by atoms with van der Waals surface area (Å²) in [6.07, 6.45) is 0. The van der Waals surface area contributed by atoms with Crippen LogP contribution in [-0.4, -0.2) is 17.0 Å². The summed E-state index contributed by atoms with van der Waals surface area (Å²) in [7, 11) is 0. The smallest absolute Gasteiger partial charge is 0.255 e. The van der Waals surface area contributed by atoms with Crippen molar-refractivity contribution in [2.45, 2.75) is 19.8 Å². The summed E-state index contributed by atoms with van der Waals surface area (Å²) in [6.45, 7) is 3.97. The maximum absolute atomic E-state index is 12.5. The lowest BCUT2D eigenvalue weighted by atomic mass is 9.90. The molecule has 0 fully saturated rings. The van der Waals surface area contributed by atoms with Gasteiger partial charge in [-0.05, 0) is 60.4 Å². The van der Waals surface area contributed by atoms with Gasteiger partial charge < -0.3 is 5.32 Å². The van der Waals surface area contributed by atoms with Crippen molar-refractivity contribution in [2.24, 2.45) is 0 Å². The average Bonchev–Trinajstić information content (AvgIpc) is 2.72. The lowest BCUT2D eigenvalue weighted by Gasteiger charge is -2.16. The van der Waals surface area contributed by atoms with E-state index in [-0.39, 0.29) is 5.91 Å². The Hall–Kier alpha value is -3.44. The molecule has 0 spiro atoms.